The van der Waals surface area contributed by atoms with E-state index < -0.39 is 50.4 Å². The summed E-state index contributed by atoms with van der Waals surface area (Å²) in [5, 5.41) is 16.7. The number of allylic oxidation sites excluding steroid dienone is 1. The van der Waals surface area contributed by atoms with Crippen LogP contribution in [0.15, 0.2) is 12.3 Å². The molecule has 5 nitrogen and oxygen atoms in total. The van der Waals surface area contributed by atoms with E-state index in [1.807, 2.05) is 0 Å². The number of thioether (sulfide) groups is 1. The maximum absolute atomic E-state index is 13.9. The monoisotopic (exact) mass is 406 g/mol. The zero-order valence-corrected chi connectivity index (χ0v) is 15.6. The third-order valence-electron chi connectivity index (χ3n) is 5.72. The van der Waals surface area contributed by atoms with E-state index in [9.17, 15) is 32.0 Å². The molecule has 1 aliphatic carbocycles. The highest BCUT2D eigenvalue weighted by molar-refractivity contribution is 8.00. The Kier molecular flexibility index (Phi) is 3.89. The van der Waals surface area contributed by atoms with Crippen molar-refractivity contribution in [1.82, 2.24) is 15.0 Å². The van der Waals surface area contributed by atoms with Crippen molar-refractivity contribution >= 4 is 23.1 Å². The molecule has 1 unspecified atom stereocenters. The first-order chi connectivity index (χ1) is 12.2. The molecule has 0 bridgehead atoms. The largest absolute Gasteiger partial charge is 0.412 e. The summed E-state index contributed by atoms with van der Waals surface area (Å²) >= 11 is 0.647. The van der Waals surface area contributed by atoms with Gasteiger partial charge >= 0.3 is 6.18 Å². The van der Waals surface area contributed by atoms with Gasteiger partial charge in [-0.15, -0.1) is 16.9 Å². The van der Waals surface area contributed by atoms with Crippen molar-refractivity contribution in [2.24, 2.45) is 16.2 Å². The molecule has 0 aromatic carbocycles. The van der Waals surface area contributed by atoms with E-state index >= 15 is 0 Å². The third kappa shape index (κ3) is 1.97. The average Bonchev–Trinajstić information content (AvgIpc) is 2.94. The lowest BCUT2D eigenvalue weighted by Gasteiger charge is -2.64. The molecule has 2 heterocycles. The fraction of sp³-hybridized carbons (Fsp3) is 0.625. The zero-order chi connectivity index (χ0) is 20.6. The van der Waals surface area contributed by atoms with Crippen molar-refractivity contribution in [3.63, 3.8) is 0 Å². The van der Waals surface area contributed by atoms with Crippen LogP contribution < -0.4 is 0 Å². The van der Waals surface area contributed by atoms with E-state index in [-0.39, 0.29) is 5.78 Å². The summed E-state index contributed by atoms with van der Waals surface area (Å²) in [6, 6.07) is 1.07. The van der Waals surface area contributed by atoms with Gasteiger partial charge in [0.25, 0.3) is 6.08 Å². The summed E-state index contributed by atoms with van der Waals surface area (Å²) in [6.45, 7) is 6.12. The van der Waals surface area contributed by atoms with Gasteiger partial charge in [-0.05, 0) is 27.7 Å². The standard InChI is InChI=1S/C16H15F5N4OS/c1-12(2)11(26)13(3,4)15(12)25-8(5-23-24-25)9(10(17)18)14(6-22,7-27-15)16(19,20)21/h5H,7H2,1-4H3. The summed E-state index contributed by atoms with van der Waals surface area (Å²) < 4.78 is 70.3. The molecule has 1 spiro atoms. The molecular formula is C16H15F5N4OS. The third-order valence-corrected chi connectivity index (χ3v) is 7.91. The predicted molar refractivity (Wildman–Crippen MR) is 86.3 cm³/mol. The fourth-order valence-corrected chi connectivity index (χ4v) is 6.50. The van der Waals surface area contributed by atoms with Gasteiger partial charge in [-0.25, -0.2) is 4.68 Å². The van der Waals surface area contributed by atoms with Gasteiger partial charge in [0.05, 0.1) is 34.4 Å². The summed E-state index contributed by atoms with van der Waals surface area (Å²) in [5.41, 5.74) is -7.94. The van der Waals surface area contributed by atoms with Gasteiger partial charge < -0.3 is 0 Å². The van der Waals surface area contributed by atoms with Crippen LogP contribution >= 0.6 is 11.8 Å². The minimum atomic E-state index is -5.27. The van der Waals surface area contributed by atoms with Gasteiger partial charge in [0, 0.05) is 5.75 Å². The predicted octanol–water partition coefficient (Wildman–Crippen LogP) is 3.99. The molecule has 1 atom stereocenters. The van der Waals surface area contributed by atoms with Gasteiger partial charge in [0.15, 0.2) is 11.2 Å². The molecule has 0 radical (unpaired) electrons. The first kappa shape index (κ1) is 19.8. The van der Waals surface area contributed by atoms with E-state index in [0.717, 1.165) is 16.9 Å². The lowest BCUT2D eigenvalue weighted by molar-refractivity contribution is -0.176. The lowest BCUT2D eigenvalue weighted by atomic mass is 9.50. The number of halogens is 5. The topological polar surface area (TPSA) is 71.6 Å². The van der Waals surface area contributed by atoms with Crippen LogP contribution in [0.3, 0.4) is 0 Å². The highest BCUT2D eigenvalue weighted by Gasteiger charge is 2.77. The Morgan fingerprint density at radius 3 is 2.26 bits per heavy atom. The zero-order valence-electron chi connectivity index (χ0n) is 14.8. The lowest BCUT2D eigenvalue weighted by Crippen LogP contribution is -2.73. The molecule has 1 aliphatic heterocycles. The molecule has 27 heavy (non-hydrogen) atoms. The number of alkyl halides is 3. The maximum atomic E-state index is 13.9. The number of ketones is 1. The van der Waals surface area contributed by atoms with Gasteiger partial charge in [0.2, 0.25) is 0 Å². The average molecular weight is 406 g/mol. The first-order valence-electron chi connectivity index (χ1n) is 7.86. The second kappa shape index (κ2) is 5.31. The number of nitriles is 1. The number of nitrogens with zero attached hydrogens (tertiary/aromatic N) is 4. The smallest absolute Gasteiger partial charge is 0.298 e. The minimum Gasteiger partial charge on any atom is -0.298 e. The van der Waals surface area contributed by atoms with E-state index in [1.54, 1.807) is 0 Å². The number of Topliss-reactive ketones (excluding diaryl/α,β-unsaturated/α-hetero) is 1. The van der Waals surface area contributed by atoms with E-state index in [4.69, 9.17) is 0 Å². The number of rotatable bonds is 0. The van der Waals surface area contributed by atoms with E-state index in [2.05, 4.69) is 10.3 Å². The number of carbonyl (C=O) groups is 1. The summed E-state index contributed by atoms with van der Waals surface area (Å²) in [6.07, 6.45) is -7.11. The van der Waals surface area contributed by atoms with Crippen molar-refractivity contribution in [1.29, 1.82) is 5.26 Å². The van der Waals surface area contributed by atoms with Crippen LogP contribution in [0.1, 0.15) is 33.4 Å². The molecule has 3 rings (SSSR count). The Morgan fingerprint density at radius 1 is 1.26 bits per heavy atom. The minimum absolute atomic E-state index is 0.244. The molecule has 0 amide bonds. The molecule has 0 N–H and O–H groups in total. The maximum Gasteiger partial charge on any atom is 0.412 e. The van der Waals surface area contributed by atoms with Gasteiger partial charge in [-0.3, -0.25) is 4.79 Å². The van der Waals surface area contributed by atoms with Gasteiger partial charge in [0.1, 0.15) is 4.87 Å². The number of fused-ring (bicyclic) bond motifs is 2. The van der Waals surface area contributed by atoms with Crippen LogP contribution in [0.5, 0.6) is 0 Å². The molecule has 0 saturated heterocycles. The molecule has 146 valence electrons. The van der Waals surface area contributed by atoms with Crippen LogP contribution in [0.4, 0.5) is 22.0 Å². The van der Waals surface area contributed by atoms with E-state index in [1.165, 1.54) is 27.7 Å². The van der Waals surface area contributed by atoms with Crippen LogP contribution in [0.25, 0.3) is 5.57 Å². The van der Waals surface area contributed by atoms with E-state index in [0.29, 0.717) is 11.8 Å². The Morgan fingerprint density at radius 2 is 1.81 bits per heavy atom. The number of carbonyl (C=O) groups excluding carboxylic acids is 1. The Hall–Kier alpha value is -1.96. The molecule has 1 aromatic rings. The second-order valence-corrected chi connectivity index (χ2v) is 8.86. The van der Waals surface area contributed by atoms with Crippen molar-refractivity contribution < 1.29 is 26.7 Å². The van der Waals surface area contributed by atoms with Crippen molar-refractivity contribution in [3.8, 4) is 6.07 Å². The van der Waals surface area contributed by atoms with Crippen molar-refractivity contribution in [2.75, 3.05) is 5.75 Å². The number of hydrogen-bond acceptors (Lipinski definition) is 5. The van der Waals surface area contributed by atoms with Crippen molar-refractivity contribution in [2.45, 2.75) is 38.7 Å². The molecule has 1 saturated carbocycles. The Bertz CT molecular complexity index is 889. The van der Waals surface area contributed by atoms with Crippen LogP contribution in [-0.4, -0.2) is 32.7 Å². The number of aromatic nitrogens is 3. The SMILES string of the molecule is CC1(C)C(=O)C(C)(C)C12SCC(C#N)(C(F)(F)F)C(=C(F)F)c1cnnn12. The summed E-state index contributed by atoms with van der Waals surface area (Å²) in [4.78, 5) is 11.2. The van der Waals surface area contributed by atoms with Crippen LogP contribution in [0.2, 0.25) is 0 Å². The second-order valence-electron chi connectivity index (χ2n) is 7.69. The Balaban J connectivity index is 2.42. The van der Waals surface area contributed by atoms with Gasteiger partial charge in [-0.1, -0.05) is 5.21 Å². The molecule has 2 aliphatic rings. The first-order valence-corrected chi connectivity index (χ1v) is 8.85. The molecule has 11 heteroatoms. The normalized spacial score (nSPS) is 28.1. The number of hydrogen-bond donors (Lipinski definition) is 0. The summed E-state index contributed by atoms with van der Waals surface area (Å²) in [7, 11) is 0. The Labute approximate surface area is 155 Å². The van der Waals surface area contributed by atoms with Crippen LogP contribution in [0, 0.1) is 27.6 Å². The fourth-order valence-electron chi connectivity index (χ4n) is 4.53. The van der Waals surface area contributed by atoms with Crippen molar-refractivity contribution in [3.05, 3.63) is 18.0 Å². The molecule has 1 aromatic heterocycles. The highest BCUT2D eigenvalue weighted by Crippen LogP contribution is 2.71. The highest BCUT2D eigenvalue weighted by atomic mass is 32.2. The van der Waals surface area contributed by atoms with Crippen LogP contribution in [-0.2, 0) is 9.67 Å². The quantitative estimate of drug-likeness (QED) is 0.609. The summed E-state index contributed by atoms with van der Waals surface area (Å²) in [5.74, 6) is -1.24. The molecule has 1 fully saturated rings. The van der Waals surface area contributed by atoms with Gasteiger partial charge in [-0.2, -0.15) is 27.2 Å². The molecular weight excluding hydrogens is 391 g/mol.